The third kappa shape index (κ3) is 4.69. The third-order valence-corrected chi connectivity index (χ3v) is 3.93. The standard InChI is InChI=1S/C20H24N2O2/c1-4-5-7-16-10-12-17(13-11-16)20(24)22-19-9-6-8-18(14(19)2)21-15(3)23/h6,8-13H,4-5,7H2,1-3H3,(H,21,23)(H,22,24). The first kappa shape index (κ1) is 17.7. The summed E-state index contributed by atoms with van der Waals surface area (Å²) in [5.41, 5.74) is 4.11. The minimum Gasteiger partial charge on any atom is -0.326 e. The lowest BCUT2D eigenvalue weighted by molar-refractivity contribution is -0.114. The summed E-state index contributed by atoms with van der Waals surface area (Å²) in [6, 6.07) is 13.2. The molecule has 2 amide bonds. The van der Waals surface area contributed by atoms with Crippen LogP contribution in [0, 0.1) is 6.92 Å². The number of amides is 2. The van der Waals surface area contributed by atoms with Crippen molar-refractivity contribution in [3.63, 3.8) is 0 Å². The normalized spacial score (nSPS) is 10.3. The van der Waals surface area contributed by atoms with Crippen molar-refractivity contribution in [2.75, 3.05) is 10.6 Å². The van der Waals surface area contributed by atoms with Gasteiger partial charge in [0, 0.05) is 23.9 Å². The fraction of sp³-hybridized carbons (Fsp3) is 0.300. The predicted octanol–water partition coefficient (Wildman–Crippen LogP) is 4.55. The zero-order chi connectivity index (χ0) is 17.5. The topological polar surface area (TPSA) is 58.2 Å². The summed E-state index contributed by atoms with van der Waals surface area (Å²) in [6.45, 7) is 5.50. The Balaban J connectivity index is 2.10. The summed E-state index contributed by atoms with van der Waals surface area (Å²) < 4.78 is 0. The Morgan fingerprint density at radius 1 is 0.958 bits per heavy atom. The van der Waals surface area contributed by atoms with Crippen LogP contribution in [0.3, 0.4) is 0 Å². The van der Waals surface area contributed by atoms with Gasteiger partial charge in [0.15, 0.2) is 0 Å². The highest BCUT2D eigenvalue weighted by atomic mass is 16.2. The van der Waals surface area contributed by atoms with Crippen LogP contribution < -0.4 is 10.6 Å². The van der Waals surface area contributed by atoms with Gasteiger partial charge in [-0.15, -0.1) is 0 Å². The Kier molecular flexibility index (Phi) is 6.13. The number of carbonyl (C=O) groups is 2. The Bertz CT molecular complexity index is 721. The first-order valence-electron chi connectivity index (χ1n) is 8.28. The second-order valence-electron chi connectivity index (χ2n) is 5.91. The maximum atomic E-state index is 12.4. The highest BCUT2D eigenvalue weighted by molar-refractivity contribution is 6.05. The van der Waals surface area contributed by atoms with E-state index in [0.29, 0.717) is 16.9 Å². The molecule has 0 spiro atoms. The Hall–Kier alpha value is -2.62. The molecule has 4 nitrogen and oxygen atoms in total. The molecule has 24 heavy (non-hydrogen) atoms. The molecule has 2 rings (SSSR count). The highest BCUT2D eigenvalue weighted by Crippen LogP contribution is 2.24. The van der Waals surface area contributed by atoms with Gasteiger partial charge < -0.3 is 10.6 Å². The molecule has 0 unspecified atom stereocenters. The van der Waals surface area contributed by atoms with Crippen molar-refractivity contribution in [3.8, 4) is 0 Å². The minimum atomic E-state index is -0.153. The molecular formula is C20H24N2O2. The van der Waals surface area contributed by atoms with Gasteiger partial charge in [0.1, 0.15) is 0 Å². The SMILES string of the molecule is CCCCc1ccc(C(=O)Nc2cccc(NC(C)=O)c2C)cc1. The van der Waals surface area contributed by atoms with Crippen LogP contribution in [-0.2, 0) is 11.2 Å². The van der Waals surface area contributed by atoms with E-state index in [4.69, 9.17) is 0 Å². The number of unbranched alkanes of at least 4 members (excludes halogenated alkanes) is 1. The Morgan fingerprint density at radius 3 is 2.17 bits per heavy atom. The van der Waals surface area contributed by atoms with E-state index in [9.17, 15) is 9.59 Å². The molecule has 0 saturated carbocycles. The molecule has 0 heterocycles. The van der Waals surface area contributed by atoms with Crippen molar-refractivity contribution < 1.29 is 9.59 Å². The number of anilines is 2. The van der Waals surface area contributed by atoms with E-state index in [-0.39, 0.29) is 11.8 Å². The molecular weight excluding hydrogens is 300 g/mol. The van der Waals surface area contributed by atoms with E-state index >= 15 is 0 Å². The summed E-state index contributed by atoms with van der Waals surface area (Å²) in [6.07, 6.45) is 3.35. The van der Waals surface area contributed by atoms with E-state index in [1.165, 1.54) is 12.5 Å². The molecule has 0 aliphatic rings. The van der Waals surface area contributed by atoms with Crippen LogP contribution in [-0.4, -0.2) is 11.8 Å². The largest absolute Gasteiger partial charge is 0.326 e. The molecule has 0 saturated heterocycles. The van der Waals surface area contributed by atoms with Crippen molar-refractivity contribution in [1.29, 1.82) is 0 Å². The van der Waals surface area contributed by atoms with E-state index < -0.39 is 0 Å². The minimum absolute atomic E-state index is 0.135. The molecule has 0 aliphatic heterocycles. The van der Waals surface area contributed by atoms with Crippen LogP contribution in [0.4, 0.5) is 11.4 Å². The van der Waals surface area contributed by atoms with Crippen LogP contribution in [0.1, 0.15) is 48.2 Å². The number of benzene rings is 2. The number of hydrogen-bond acceptors (Lipinski definition) is 2. The molecule has 4 heteroatoms. The van der Waals surface area contributed by atoms with Gasteiger partial charge in [-0.3, -0.25) is 9.59 Å². The van der Waals surface area contributed by atoms with E-state index in [1.807, 2.05) is 49.4 Å². The Morgan fingerprint density at radius 2 is 1.58 bits per heavy atom. The fourth-order valence-corrected chi connectivity index (χ4v) is 2.49. The fourth-order valence-electron chi connectivity index (χ4n) is 2.49. The maximum Gasteiger partial charge on any atom is 0.255 e. The summed E-state index contributed by atoms with van der Waals surface area (Å²) in [4.78, 5) is 23.7. The molecule has 2 N–H and O–H groups in total. The lowest BCUT2D eigenvalue weighted by Crippen LogP contribution is -2.14. The van der Waals surface area contributed by atoms with Crippen LogP contribution in [0.2, 0.25) is 0 Å². The average Bonchev–Trinajstić information content (AvgIpc) is 2.56. The second kappa shape index (κ2) is 8.29. The summed E-state index contributed by atoms with van der Waals surface area (Å²) in [5, 5.41) is 5.68. The zero-order valence-corrected chi connectivity index (χ0v) is 14.5. The average molecular weight is 324 g/mol. The first-order valence-corrected chi connectivity index (χ1v) is 8.28. The Labute approximate surface area is 143 Å². The van der Waals surface area contributed by atoms with Crippen LogP contribution >= 0.6 is 0 Å². The second-order valence-corrected chi connectivity index (χ2v) is 5.91. The lowest BCUT2D eigenvalue weighted by Gasteiger charge is -2.13. The van der Waals surface area contributed by atoms with Gasteiger partial charge in [-0.2, -0.15) is 0 Å². The van der Waals surface area contributed by atoms with Gasteiger partial charge in [0.05, 0.1) is 0 Å². The predicted molar refractivity (Wildman–Crippen MR) is 98.5 cm³/mol. The summed E-state index contributed by atoms with van der Waals surface area (Å²) in [7, 11) is 0. The first-order chi connectivity index (χ1) is 11.5. The van der Waals surface area contributed by atoms with Crippen LogP contribution in [0.25, 0.3) is 0 Å². The smallest absolute Gasteiger partial charge is 0.255 e. The third-order valence-electron chi connectivity index (χ3n) is 3.93. The summed E-state index contributed by atoms with van der Waals surface area (Å²) >= 11 is 0. The van der Waals surface area contributed by atoms with Crippen molar-refractivity contribution in [1.82, 2.24) is 0 Å². The molecule has 0 bridgehead atoms. The van der Waals surface area contributed by atoms with Crippen molar-refractivity contribution in [3.05, 3.63) is 59.2 Å². The molecule has 126 valence electrons. The number of carbonyl (C=O) groups excluding carboxylic acids is 2. The molecule has 0 aromatic heterocycles. The maximum absolute atomic E-state index is 12.4. The van der Waals surface area contributed by atoms with E-state index in [2.05, 4.69) is 17.6 Å². The van der Waals surface area contributed by atoms with E-state index in [1.54, 1.807) is 0 Å². The quantitative estimate of drug-likeness (QED) is 0.819. The monoisotopic (exact) mass is 324 g/mol. The number of hydrogen-bond donors (Lipinski definition) is 2. The highest BCUT2D eigenvalue weighted by Gasteiger charge is 2.10. The van der Waals surface area contributed by atoms with E-state index in [0.717, 1.165) is 24.8 Å². The van der Waals surface area contributed by atoms with Crippen molar-refractivity contribution in [2.45, 2.75) is 40.0 Å². The van der Waals surface area contributed by atoms with Gasteiger partial charge in [0.25, 0.3) is 5.91 Å². The number of aryl methyl sites for hydroxylation is 1. The zero-order valence-electron chi connectivity index (χ0n) is 14.5. The number of nitrogens with one attached hydrogen (secondary N) is 2. The van der Waals surface area contributed by atoms with Gasteiger partial charge >= 0.3 is 0 Å². The molecule has 2 aromatic rings. The molecule has 0 aliphatic carbocycles. The van der Waals surface area contributed by atoms with Crippen LogP contribution in [0.15, 0.2) is 42.5 Å². The van der Waals surface area contributed by atoms with Gasteiger partial charge in [-0.1, -0.05) is 31.5 Å². The van der Waals surface area contributed by atoms with Crippen molar-refractivity contribution in [2.24, 2.45) is 0 Å². The van der Waals surface area contributed by atoms with Gasteiger partial charge in [-0.25, -0.2) is 0 Å². The van der Waals surface area contributed by atoms with Crippen LogP contribution in [0.5, 0.6) is 0 Å². The molecule has 0 radical (unpaired) electrons. The van der Waals surface area contributed by atoms with Gasteiger partial charge in [-0.05, 0) is 55.2 Å². The van der Waals surface area contributed by atoms with Gasteiger partial charge in [0.2, 0.25) is 5.91 Å². The molecule has 2 aromatic carbocycles. The number of rotatable bonds is 6. The lowest BCUT2D eigenvalue weighted by atomic mass is 10.1. The molecule has 0 fully saturated rings. The van der Waals surface area contributed by atoms with Crippen molar-refractivity contribution >= 4 is 23.2 Å². The molecule has 0 atom stereocenters. The summed E-state index contributed by atoms with van der Waals surface area (Å²) in [5.74, 6) is -0.288.